The molecule has 20 heavy (non-hydrogen) atoms. The molecule has 1 aromatic carbocycles. The van der Waals surface area contributed by atoms with E-state index in [2.05, 4.69) is 0 Å². The lowest BCUT2D eigenvalue weighted by molar-refractivity contribution is -0.289. The fraction of sp³-hybridized carbons (Fsp3) is 0.417. The Bertz CT molecular complexity index is 470. The van der Waals surface area contributed by atoms with Gasteiger partial charge < -0.3 is 10.5 Å². The zero-order valence-corrected chi connectivity index (χ0v) is 10.4. The molecule has 0 fully saturated rings. The number of ether oxygens (including phenoxy) is 1. The molecular formula is C12H12F5NO2. The van der Waals surface area contributed by atoms with Gasteiger partial charge in [0.05, 0.1) is 0 Å². The highest BCUT2D eigenvalue weighted by atomic mass is 19.4. The van der Waals surface area contributed by atoms with Crippen LogP contribution in [0.4, 0.5) is 22.0 Å². The summed E-state index contributed by atoms with van der Waals surface area (Å²) in [7, 11) is 0. The molecule has 0 aromatic heterocycles. The van der Waals surface area contributed by atoms with E-state index >= 15 is 0 Å². The summed E-state index contributed by atoms with van der Waals surface area (Å²) in [5.41, 5.74) is 4.39. The zero-order valence-electron chi connectivity index (χ0n) is 10.4. The van der Waals surface area contributed by atoms with Crippen molar-refractivity contribution >= 4 is 5.97 Å². The van der Waals surface area contributed by atoms with Gasteiger partial charge in [-0.25, -0.2) is 0 Å². The first-order valence-electron chi connectivity index (χ1n) is 5.52. The van der Waals surface area contributed by atoms with Crippen LogP contribution in [0.1, 0.15) is 24.2 Å². The van der Waals surface area contributed by atoms with Gasteiger partial charge in [-0.3, -0.25) is 4.79 Å². The Morgan fingerprint density at radius 1 is 1.20 bits per heavy atom. The van der Waals surface area contributed by atoms with E-state index in [1.165, 1.54) is 0 Å². The zero-order chi connectivity index (χ0) is 15.6. The molecule has 0 bridgehead atoms. The molecule has 0 radical (unpaired) electrons. The molecule has 1 atom stereocenters. The van der Waals surface area contributed by atoms with E-state index in [0.717, 1.165) is 19.1 Å². The summed E-state index contributed by atoms with van der Waals surface area (Å²) < 4.78 is 67.4. The van der Waals surface area contributed by atoms with Gasteiger partial charge in [0.2, 0.25) is 0 Å². The normalized spacial score (nSPS) is 13.9. The van der Waals surface area contributed by atoms with E-state index in [0.29, 0.717) is 12.1 Å². The van der Waals surface area contributed by atoms with Gasteiger partial charge in [0.1, 0.15) is 6.10 Å². The minimum atomic E-state index is -5.67. The number of esters is 1. The van der Waals surface area contributed by atoms with Crippen molar-refractivity contribution in [2.24, 2.45) is 5.73 Å². The number of nitrogens with two attached hydrogens (primary N) is 1. The molecule has 0 heterocycles. The molecule has 0 aliphatic heterocycles. The summed E-state index contributed by atoms with van der Waals surface area (Å²) >= 11 is 0. The van der Waals surface area contributed by atoms with Crippen LogP contribution in [0, 0.1) is 0 Å². The maximum atomic E-state index is 13.1. The Labute approximate surface area is 111 Å². The molecule has 1 aromatic rings. The van der Waals surface area contributed by atoms with Crippen molar-refractivity contribution < 1.29 is 31.5 Å². The smallest absolute Gasteiger partial charge is 0.456 e. The summed E-state index contributed by atoms with van der Waals surface area (Å²) in [4.78, 5) is 10.8. The molecule has 0 amide bonds. The average molecular weight is 297 g/mol. The van der Waals surface area contributed by atoms with Crippen LogP contribution in [-0.4, -0.2) is 18.7 Å². The first-order chi connectivity index (χ1) is 9.09. The van der Waals surface area contributed by atoms with E-state index in [4.69, 9.17) is 10.5 Å². The number of hydrogen-bond acceptors (Lipinski definition) is 3. The number of benzene rings is 1. The number of hydrogen-bond donors (Lipinski definition) is 1. The standard InChI is InChI=1S/C12H12F5NO2/c1-7(19)20-10(6-18)8-2-4-9(5-3-8)11(13,14)12(15,16)17/h2-5,10H,6,18H2,1H3/t10-/m0/s1. The molecule has 2 N–H and O–H groups in total. The third-order valence-electron chi connectivity index (χ3n) is 2.52. The van der Waals surface area contributed by atoms with Crippen molar-refractivity contribution in [2.75, 3.05) is 6.54 Å². The second-order valence-corrected chi connectivity index (χ2v) is 4.03. The second kappa shape index (κ2) is 5.74. The summed E-state index contributed by atoms with van der Waals surface area (Å²) in [5, 5.41) is 0. The number of alkyl halides is 5. The number of carbonyl (C=O) groups is 1. The van der Waals surface area contributed by atoms with E-state index in [1.54, 1.807) is 0 Å². The minimum absolute atomic E-state index is 0.116. The molecule has 3 nitrogen and oxygen atoms in total. The van der Waals surface area contributed by atoms with E-state index < -0.39 is 29.7 Å². The Morgan fingerprint density at radius 2 is 1.70 bits per heavy atom. The van der Waals surface area contributed by atoms with Crippen LogP contribution in [0.25, 0.3) is 0 Å². The monoisotopic (exact) mass is 297 g/mol. The second-order valence-electron chi connectivity index (χ2n) is 4.03. The van der Waals surface area contributed by atoms with Gasteiger partial charge in [0.25, 0.3) is 0 Å². The lowest BCUT2D eigenvalue weighted by Gasteiger charge is -2.21. The van der Waals surface area contributed by atoms with Gasteiger partial charge in [-0.1, -0.05) is 24.3 Å². The third-order valence-corrected chi connectivity index (χ3v) is 2.52. The van der Waals surface area contributed by atoms with Gasteiger partial charge in [-0.2, -0.15) is 22.0 Å². The minimum Gasteiger partial charge on any atom is -0.456 e. The Kier molecular flexibility index (Phi) is 4.69. The van der Waals surface area contributed by atoms with Crippen LogP contribution in [0.5, 0.6) is 0 Å². The van der Waals surface area contributed by atoms with E-state index in [1.807, 2.05) is 0 Å². The van der Waals surface area contributed by atoms with Gasteiger partial charge in [0.15, 0.2) is 0 Å². The van der Waals surface area contributed by atoms with Gasteiger partial charge in [-0.15, -0.1) is 0 Å². The van der Waals surface area contributed by atoms with Crippen LogP contribution in [0.15, 0.2) is 24.3 Å². The predicted octanol–water partition coefficient (Wildman–Crippen LogP) is 2.90. The highest BCUT2D eigenvalue weighted by molar-refractivity contribution is 5.66. The van der Waals surface area contributed by atoms with Crippen molar-refractivity contribution in [1.82, 2.24) is 0 Å². The molecule has 8 heteroatoms. The van der Waals surface area contributed by atoms with Crippen molar-refractivity contribution in [3.8, 4) is 0 Å². The van der Waals surface area contributed by atoms with Crippen LogP contribution >= 0.6 is 0 Å². The molecule has 0 saturated carbocycles. The molecule has 0 saturated heterocycles. The van der Waals surface area contributed by atoms with Crippen molar-refractivity contribution in [1.29, 1.82) is 0 Å². The fourth-order valence-corrected chi connectivity index (χ4v) is 1.52. The van der Waals surface area contributed by atoms with Crippen LogP contribution in [0.2, 0.25) is 0 Å². The Morgan fingerprint density at radius 3 is 2.05 bits per heavy atom. The largest absolute Gasteiger partial charge is 0.458 e. The third kappa shape index (κ3) is 3.44. The molecular weight excluding hydrogens is 285 g/mol. The lowest BCUT2D eigenvalue weighted by atomic mass is 10.0. The van der Waals surface area contributed by atoms with Crippen molar-refractivity contribution in [3.63, 3.8) is 0 Å². The molecule has 0 spiro atoms. The average Bonchev–Trinajstić information content (AvgIpc) is 2.34. The maximum absolute atomic E-state index is 13.1. The van der Waals surface area contributed by atoms with Crippen molar-refractivity contribution in [3.05, 3.63) is 35.4 Å². The number of halogens is 5. The first kappa shape index (κ1) is 16.4. The topological polar surface area (TPSA) is 52.3 Å². The summed E-state index contributed by atoms with van der Waals surface area (Å²) in [6, 6.07) is 3.31. The quantitative estimate of drug-likeness (QED) is 0.687. The lowest BCUT2D eigenvalue weighted by Crippen LogP contribution is -2.33. The first-order valence-corrected chi connectivity index (χ1v) is 5.52. The van der Waals surface area contributed by atoms with Crippen LogP contribution in [-0.2, 0) is 15.5 Å². The van der Waals surface area contributed by atoms with E-state index in [9.17, 15) is 26.7 Å². The molecule has 112 valence electrons. The van der Waals surface area contributed by atoms with Gasteiger partial charge in [0, 0.05) is 19.0 Å². The van der Waals surface area contributed by atoms with Crippen molar-refractivity contribution in [2.45, 2.75) is 25.1 Å². The molecule has 0 unspecified atom stereocenters. The predicted molar refractivity (Wildman–Crippen MR) is 60.0 cm³/mol. The Hall–Kier alpha value is -1.70. The molecule has 1 rings (SSSR count). The molecule has 0 aliphatic rings. The molecule has 0 aliphatic carbocycles. The fourth-order valence-electron chi connectivity index (χ4n) is 1.52. The summed E-state index contributed by atoms with van der Waals surface area (Å²) in [6.07, 6.45) is -6.56. The number of carbonyl (C=O) groups excluding carboxylic acids is 1. The van der Waals surface area contributed by atoms with Gasteiger partial charge in [-0.05, 0) is 5.56 Å². The summed E-state index contributed by atoms with van der Waals surface area (Å²) in [5.74, 6) is -5.57. The van der Waals surface area contributed by atoms with E-state index in [-0.39, 0.29) is 12.1 Å². The Balaban J connectivity index is 3.02. The highest BCUT2D eigenvalue weighted by Crippen LogP contribution is 2.43. The van der Waals surface area contributed by atoms with Crippen LogP contribution in [0.3, 0.4) is 0 Å². The number of rotatable bonds is 4. The highest BCUT2D eigenvalue weighted by Gasteiger charge is 2.58. The van der Waals surface area contributed by atoms with Crippen LogP contribution < -0.4 is 5.73 Å². The summed E-state index contributed by atoms with van der Waals surface area (Å²) in [6.45, 7) is 1.02. The van der Waals surface area contributed by atoms with Gasteiger partial charge >= 0.3 is 18.1 Å². The maximum Gasteiger partial charge on any atom is 0.458 e. The SMILES string of the molecule is CC(=O)O[C@@H](CN)c1ccc(C(F)(F)C(F)(F)F)cc1.